The lowest BCUT2D eigenvalue weighted by molar-refractivity contribution is 0.167. The first-order valence-electron chi connectivity index (χ1n) is 10.3. The second-order valence-corrected chi connectivity index (χ2v) is 7.95. The Morgan fingerprint density at radius 1 is 1.10 bits per heavy atom. The monoisotopic (exact) mass is 408 g/mol. The smallest absolute Gasteiger partial charge is 0.317 e. The lowest BCUT2D eigenvalue weighted by Crippen LogP contribution is -2.54. The Morgan fingerprint density at radius 3 is 2.57 bits per heavy atom. The Bertz CT molecular complexity index is 978. The van der Waals surface area contributed by atoms with E-state index in [9.17, 15) is 4.79 Å². The summed E-state index contributed by atoms with van der Waals surface area (Å²) >= 11 is 0. The summed E-state index contributed by atoms with van der Waals surface area (Å²) in [6.07, 6.45) is 0. The molecule has 1 saturated heterocycles. The molecule has 2 aliphatic rings. The SMILES string of the molecule is COc1ccc2c(c1)Oc1cc(C)ccc1N=C2N1CCN(C(=O)NC(C)C)CC1. The van der Waals surface area contributed by atoms with Crippen molar-refractivity contribution in [1.82, 2.24) is 15.1 Å². The van der Waals surface area contributed by atoms with Crippen LogP contribution in [0.4, 0.5) is 10.5 Å². The van der Waals surface area contributed by atoms with Gasteiger partial charge in [-0.25, -0.2) is 9.79 Å². The molecule has 2 aliphatic heterocycles. The fourth-order valence-corrected chi connectivity index (χ4v) is 3.69. The van der Waals surface area contributed by atoms with Crippen molar-refractivity contribution in [3.05, 3.63) is 47.5 Å². The number of aryl methyl sites for hydroxylation is 1. The van der Waals surface area contributed by atoms with Crippen molar-refractivity contribution >= 4 is 17.6 Å². The maximum absolute atomic E-state index is 12.3. The maximum atomic E-state index is 12.3. The summed E-state index contributed by atoms with van der Waals surface area (Å²) in [6, 6.07) is 11.9. The molecule has 1 N–H and O–H groups in total. The van der Waals surface area contributed by atoms with Gasteiger partial charge in [0.05, 0.1) is 12.7 Å². The minimum absolute atomic E-state index is 0.0123. The van der Waals surface area contributed by atoms with E-state index in [1.54, 1.807) is 7.11 Å². The van der Waals surface area contributed by atoms with Crippen LogP contribution in [-0.4, -0.2) is 61.0 Å². The summed E-state index contributed by atoms with van der Waals surface area (Å²) in [5.41, 5.74) is 2.83. The third-order valence-electron chi connectivity index (χ3n) is 5.27. The molecule has 7 heteroatoms. The zero-order chi connectivity index (χ0) is 21.3. The summed E-state index contributed by atoms with van der Waals surface area (Å²) in [5, 5.41) is 2.97. The van der Waals surface area contributed by atoms with Crippen LogP contribution in [0.5, 0.6) is 17.2 Å². The van der Waals surface area contributed by atoms with Gasteiger partial charge in [0, 0.05) is 38.3 Å². The van der Waals surface area contributed by atoms with E-state index in [0.29, 0.717) is 26.2 Å². The molecule has 0 saturated carbocycles. The van der Waals surface area contributed by atoms with E-state index in [4.69, 9.17) is 14.5 Å². The van der Waals surface area contributed by atoms with Gasteiger partial charge < -0.3 is 24.6 Å². The van der Waals surface area contributed by atoms with Crippen molar-refractivity contribution in [1.29, 1.82) is 0 Å². The second kappa shape index (κ2) is 8.26. The van der Waals surface area contributed by atoms with Crippen LogP contribution in [0.25, 0.3) is 0 Å². The van der Waals surface area contributed by atoms with Crippen molar-refractivity contribution in [3.63, 3.8) is 0 Å². The van der Waals surface area contributed by atoms with Gasteiger partial charge in [0.15, 0.2) is 5.75 Å². The zero-order valence-electron chi connectivity index (χ0n) is 17.9. The number of nitrogens with zero attached hydrogens (tertiary/aromatic N) is 3. The van der Waals surface area contributed by atoms with Crippen LogP contribution in [0, 0.1) is 6.92 Å². The average Bonchev–Trinajstić information content (AvgIpc) is 2.89. The van der Waals surface area contributed by atoms with Gasteiger partial charge in [-0.2, -0.15) is 0 Å². The Balaban J connectivity index is 1.65. The van der Waals surface area contributed by atoms with Gasteiger partial charge in [-0.1, -0.05) is 6.07 Å². The lowest BCUT2D eigenvalue weighted by atomic mass is 10.1. The molecule has 1 fully saturated rings. The number of nitrogens with one attached hydrogen (secondary N) is 1. The number of carbonyl (C=O) groups excluding carboxylic acids is 1. The van der Waals surface area contributed by atoms with Crippen LogP contribution >= 0.6 is 0 Å². The molecule has 4 rings (SSSR count). The van der Waals surface area contributed by atoms with E-state index >= 15 is 0 Å². The van der Waals surface area contributed by atoms with Crippen molar-refractivity contribution < 1.29 is 14.3 Å². The second-order valence-electron chi connectivity index (χ2n) is 7.95. The van der Waals surface area contributed by atoms with Gasteiger partial charge >= 0.3 is 6.03 Å². The summed E-state index contributed by atoms with van der Waals surface area (Å²) in [6.45, 7) is 8.67. The van der Waals surface area contributed by atoms with Gasteiger partial charge in [-0.3, -0.25) is 0 Å². The standard InChI is InChI=1S/C23H28N4O3/c1-15(2)24-23(28)27-11-9-26(10-12-27)22-18-7-6-17(29-4)14-20(18)30-21-13-16(3)5-8-19(21)25-22/h5-8,13-15H,9-12H2,1-4H3,(H,24,28). The van der Waals surface area contributed by atoms with Crippen LogP contribution in [0.3, 0.4) is 0 Å². The largest absolute Gasteiger partial charge is 0.497 e. The quantitative estimate of drug-likeness (QED) is 0.818. The Morgan fingerprint density at radius 2 is 1.87 bits per heavy atom. The van der Waals surface area contributed by atoms with E-state index in [1.807, 2.05) is 62.1 Å². The summed E-state index contributed by atoms with van der Waals surface area (Å²) < 4.78 is 11.7. The Hall–Kier alpha value is -3.22. The van der Waals surface area contributed by atoms with Crippen LogP contribution in [0.1, 0.15) is 25.0 Å². The normalized spacial score (nSPS) is 15.6. The van der Waals surface area contributed by atoms with Crippen molar-refractivity contribution in [2.75, 3.05) is 33.3 Å². The highest BCUT2D eigenvalue weighted by molar-refractivity contribution is 6.04. The first-order valence-corrected chi connectivity index (χ1v) is 10.3. The molecule has 2 aromatic carbocycles. The topological polar surface area (TPSA) is 66.4 Å². The van der Waals surface area contributed by atoms with Gasteiger partial charge in [-0.05, 0) is 50.6 Å². The van der Waals surface area contributed by atoms with Gasteiger partial charge in [-0.15, -0.1) is 0 Å². The minimum Gasteiger partial charge on any atom is -0.497 e. The fourth-order valence-electron chi connectivity index (χ4n) is 3.69. The highest BCUT2D eigenvalue weighted by Crippen LogP contribution is 2.40. The molecule has 0 aromatic heterocycles. The number of urea groups is 1. The molecular weight excluding hydrogens is 380 g/mol. The molecule has 0 aliphatic carbocycles. The number of piperazine rings is 1. The molecular formula is C23H28N4O3. The van der Waals surface area contributed by atoms with E-state index < -0.39 is 0 Å². The summed E-state index contributed by atoms with van der Waals surface area (Å²) in [4.78, 5) is 21.4. The zero-order valence-corrected chi connectivity index (χ0v) is 17.9. The number of benzene rings is 2. The molecule has 2 heterocycles. The molecule has 7 nitrogen and oxygen atoms in total. The molecule has 2 amide bonds. The van der Waals surface area contributed by atoms with E-state index in [1.165, 1.54) is 0 Å². The molecule has 0 radical (unpaired) electrons. The Labute approximate surface area is 177 Å². The molecule has 30 heavy (non-hydrogen) atoms. The van der Waals surface area contributed by atoms with Crippen molar-refractivity contribution in [2.24, 2.45) is 4.99 Å². The number of carbonyl (C=O) groups is 1. The number of hydrogen-bond acceptors (Lipinski definition) is 5. The summed E-state index contributed by atoms with van der Waals surface area (Å²) in [7, 11) is 1.65. The number of amides is 2. The molecule has 0 spiro atoms. The highest BCUT2D eigenvalue weighted by Gasteiger charge is 2.28. The number of fused-ring (bicyclic) bond motifs is 2. The third-order valence-corrected chi connectivity index (χ3v) is 5.27. The van der Waals surface area contributed by atoms with E-state index in [2.05, 4.69) is 10.2 Å². The van der Waals surface area contributed by atoms with Gasteiger partial charge in [0.2, 0.25) is 0 Å². The fraction of sp³-hybridized carbons (Fsp3) is 0.391. The number of rotatable bonds is 2. The molecule has 0 unspecified atom stereocenters. The van der Waals surface area contributed by atoms with Crippen LogP contribution in [0.2, 0.25) is 0 Å². The average molecular weight is 409 g/mol. The molecule has 158 valence electrons. The predicted molar refractivity (Wildman–Crippen MR) is 117 cm³/mol. The van der Waals surface area contributed by atoms with Crippen molar-refractivity contribution in [3.8, 4) is 17.2 Å². The van der Waals surface area contributed by atoms with Gasteiger partial charge in [0.1, 0.15) is 23.0 Å². The first-order chi connectivity index (χ1) is 14.4. The van der Waals surface area contributed by atoms with E-state index in [-0.39, 0.29) is 12.1 Å². The highest BCUT2D eigenvalue weighted by atomic mass is 16.5. The summed E-state index contributed by atoms with van der Waals surface area (Å²) in [5.74, 6) is 3.05. The van der Waals surface area contributed by atoms with Crippen LogP contribution < -0.4 is 14.8 Å². The lowest BCUT2D eigenvalue weighted by Gasteiger charge is -2.36. The predicted octanol–water partition coefficient (Wildman–Crippen LogP) is 3.92. The number of ether oxygens (including phenoxy) is 2. The number of methoxy groups -OCH3 is 1. The molecule has 0 bridgehead atoms. The Kier molecular flexibility index (Phi) is 5.53. The number of amidine groups is 1. The van der Waals surface area contributed by atoms with E-state index in [0.717, 1.165) is 39.9 Å². The first kappa shape index (κ1) is 20.1. The minimum atomic E-state index is -0.0123. The number of hydrogen-bond donors (Lipinski definition) is 1. The molecule has 2 aromatic rings. The number of aliphatic imine (C=N–C) groups is 1. The van der Waals surface area contributed by atoms with Crippen molar-refractivity contribution in [2.45, 2.75) is 26.8 Å². The van der Waals surface area contributed by atoms with Crippen LogP contribution in [-0.2, 0) is 0 Å². The molecule has 0 atom stereocenters. The van der Waals surface area contributed by atoms with Gasteiger partial charge in [0.25, 0.3) is 0 Å². The maximum Gasteiger partial charge on any atom is 0.317 e. The van der Waals surface area contributed by atoms with Crippen LogP contribution in [0.15, 0.2) is 41.4 Å². The third kappa shape index (κ3) is 4.06.